The average Bonchev–Trinajstić information content (AvgIpc) is 2.62. The molecule has 0 amide bonds. The smallest absolute Gasteiger partial charge is 0.0843 e. The maximum Gasteiger partial charge on any atom is 0.0843 e. The molecule has 0 aromatic carbocycles. The number of rotatable bonds is 5. The molecule has 2 atom stereocenters. The van der Waals surface area contributed by atoms with Gasteiger partial charge in [-0.2, -0.15) is 0 Å². The van der Waals surface area contributed by atoms with Crippen molar-refractivity contribution in [3.05, 3.63) is 11.9 Å². The van der Waals surface area contributed by atoms with Crippen LogP contribution >= 0.6 is 0 Å². The summed E-state index contributed by atoms with van der Waals surface area (Å²) in [5.74, 6) is 0. The van der Waals surface area contributed by atoms with Crippen LogP contribution in [0, 0.1) is 0 Å². The van der Waals surface area contributed by atoms with E-state index in [0.29, 0.717) is 0 Å². The lowest BCUT2D eigenvalue weighted by atomic mass is 9.86. The molecule has 92 valence electrons. The number of hydrogen-bond acceptors (Lipinski definition) is 4. The molecule has 0 saturated carbocycles. The molecular formula is C11H23N5. The lowest BCUT2D eigenvalue weighted by Gasteiger charge is -2.40. The summed E-state index contributed by atoms with van der Waals surface area (Å²) in [6.07, 6.45) is 3.70. The maximum absolute atomic E-state index is 6.29. The average molecular weight is 225 g/mol. The third kappa shape index (κ3) is 2.59. The summed E-state index contributed by atoms with van der Waals surface area (Å²) in [4.78, 5) is 2.19. The van der Waals surface area contributed by atoms with Gasteiger partial charge in [-0.3, -0.25) is 4.68 Å². The van der Waals surface area contributed by atoms with Crippen LogP contribution in [0.3, 0.4) is 0 Å². The Kier molecular flexibility index (Phi) is 4.04. The largest absolute Gasteiger partial charge is 0.326 e. The minimum atomic E-state index is -0.00246. The van der Waals surface area contributed by atoms with Crippen molar-refractivity contribution in [1.29, 1.82) is 0 Å². The van der Waals surface area contributed by atoms with Gasteiger partial charge >= 0.3 is 0 Å². The van der Waals surface area contributed by atoms with Gasteiger partial charge in [-0.05, 0) is 27.4 Å². The van der Waals surface area contributed by atoms with Gasteiger partial charge in [0.15, 0.2) is 0 Å². The third-order valence-electron chi connectivity index (χ3n) is 3.62. The van der Waals surface area contributed by atoms with E-state index >= 15 is 0 Å². The van der Waals surface area contributed by atoms with Crippen molar-refractivity contribution in [3.63, 3.8) is 0 Å². The van der Waals surface area contributed by atoms with Crippen LogP contribution in [0.2, 0.25) is 0 Å². The Bertz CT molecular complexity index is 333. The summed E-state index contributed by atoms with van der Waals surface area (Å²) in [5.41, 5.74) is 7.24. The predicted octanol–water partition coefficient (Wildman–Crippen LogP) is 0.415. The van der Waals surface area contributed by atoms with Gasteiger partial charge in [0, 0.05) is 31.2 Å². The maximum atomic E-state index is 6.29. The van der Waals surface area contributed by atoms with E-state index in [2.05, 4.69) is 43.2 Å². The summed E-state index contributed by atoms with van der Waals surface area (Å²) < 4.78 is 1.71. The van der Waals surface area contributed by atoms with Crippen molar-refractivity contribution in [2.45, 2.75) is 38.3 Å². The number of aromatic nitrogens is 3. The molecule has 0 aliphatic carbocycles. The van der Waals surface area contributed by atoms with Crippen LogP contribution in [0.15, 0.2) is 6.20 Å². The minimum Gasteiger partial charge on any atom is -0.326 e. The Morgan fingerprint density at radius 2 is 2.19 bits per heavy atom. The molecule has 2 N–H and O–H groups in total. The van der Waals surface area contributed by atoms with E-state index in [0.717, 1.165) is 18.5 Å². The van der Waals surface area contributed by atoms with Crippen LogP contribution in [-0.2, 0) is 13.5 Å². The zero-order valence-corrected chi connectivity index (χ0v) is 10.9. The number of likely N-dealkylation sites (N-methyl/N-ethyl adjacent to an activating group) is 1. The number of aryl methyl sites for hydroxylation is 1. The van der Waals surface area contributed by atoms with Crippen LogP contribution in [0.25, 0.3) is 0 Å². The molecule has 0 saturated heterocycles. The monoisotopic (exact) mass is 225 g/mol. The topological polar surface area (TPSA) is 60.0 Å². The highest BCUT2D eigenvalue weighted by atomic mass is 15.4. The van der Waals surface area contributed by atoms with Crippen molar-refractivity contribution < 1.29 is 0 Å². The van der Waals surface area contributed by atoms with Gasteiger partial charge in [0.25, 0.3) is 0 Å². The quantitative estimate of drug-likeness (QED) is 0.789. The standard InChI is InChI=1S/C11H23N5/c1-6-11(2,15(3)4)10(12)7-9-8-16(5)14-13-9/h8,10H,6-7,12H2,1-5H3. The van der Waals surface area contributed by atoms with Crippen LogP contribution in [0.4, 0.5) is 0 Å². The van der Waals surface area contributed by atoms with Crippen LogP contribution in [0.5, 0.6) is 0 Å². The summed E-state index contributed by atoms with van der Waals surface area (Å²) in [6, 6.07) is 0.0594. The SMILES string of the molecule is CCC(C)(C(N)Cc1cn(C)nn1)N(C)C. The highest BCUT2D eigenvalue weighted by Gasteiger charge is 2.32. The van der Waals surface area contributed by atoms with E-state index < -0.39 is 0 Å². The fourth-order valence-electron chi connectivity index (χ4n) is 1.84. The normalized spacial score (nSPS) is 17.4. The second-order valence-corrected chi connectivity index (χ2v) is 4.80. The van der Waals surface area contributed by atoms with Gasteiger partial charge < -0.3 is 10.6 Å². The molecule has 1 aromatic heterocycles. The molecule has 0 fully saturated rings. The molecule has 0 bridgehead atoms. The first kappa shape index (κ1) is 13.1. The summed E-state index contributed by atoms with van der Waals surface area (Å²) in [6.45, 7) is 4.35. The first-order valence-corrected chi connectivity index (χ1v) is 5.68. The van der Waals surface area contributed by atoms with E-state index in [4.69, 9.17) is 5.73 Å². The van der Waals surface area contributed by atoms with Gasteiger partial charge in [-0.15, -0.1) is 5.10 Å². The highest BCUT2D eigenvalue weighted by Crippen LogP contribution is 2.21. The van der Waals surface area contributed by atoms with Gasteiger partial charge in [0.2, 0.25) is 0 Å². The molecule has 0 aliphatic rings. The van der Waals surface area contributed by atoms with Crippen molar-refractivity contribution >= 4 is 0 Å². The summed E-state index contributed by atoms with van der Waals surface area (Å²) >= 11 is 0. The molecule has 5 heteroatoms. The fourth-order valence-corrected chi connectivity index (χ4v) is 1.84. The predicted molar refractivity (Wildman–Crippen MR) is 65.1 cm³/mol. The van der Waals surface area contributed by atoms with Gasteiger partial charge in [0.05, 0.1) is 5.69 Å². The van der Waals surface area contributed by atoms with Crippen LogP contribution in [-0.4, -0.2) is 45.6 Å². The van der Waals surface area contributed by atoms with Crippen molar-refractivity contribution in [1.82, 2.24) is 19.9 Å². The zero-order chi connectivity index (χ0) is 12.3. The second-order valence-electron chi connectivity index (χ2n) is 4.80. The van der Waals surface area contributed by atoms with E-state index in [1.807, 2.05) is 13.2 Å². The lowest BCUT2D eigenvalue weighted by Crippen LogP contribution is -2.55. The van der Waals surface area contributed by atoms with Gasteiger partial charge in [-0.25, -0.2) is 0 Å². The summed E-state index contributed by atoms with van der Waals surface area (Å²) in [7, 11) is 6.01. The zero-order valence-electron chi connectivity index (χ0n) is 10.9. The Labute approximate surface area is 97.6 Å². The summed E-state index contributed by atoms with van der Waals surface area (Å²) in [5, 5.41) is 8.00. The number of hydrogen-bond donors (Lipinski definition) is 1. The second kappa shape index (κ2) is 4.93. The Hall–Kier alpha value is -0.940. The van der Waals surface area contributed by atoms with E-state index in [-0.39, 0.29) is 11.6 Å². The van der Waals surface area contributed by atoms with Crippen molar-refractivity contribution in [2.75, 3.05) is 14.1 Å². The molecule has 2 unspecified atom stereocenters. The number of nitrogens with zero attached hydrogens (tertiary/aromatic N) is 4. The molecule has 5 nitrogen and oxygen atoms in total. The Balaban J connectivity index is 2.73. The van der Waals surface area contributed by atoms with Crippen molar-refractivity contribution in [2.24, 2.45) is 12.8 Å². The van der Waals surface area contributed by atoms with E-state index in [1.54, 1.807) is 4.68 Å². The van der Waals surface area contributed by atoms with Gasteiger partial charge in [0.1, 0.15) is 0 Å². The third-order valence-corrected chi connectivity index (χ3v) is 3.62. The first-order chi connectivity index (χ1) is 7.40. The molecule has 16 heavy (non-hydrogen) atoms. The van der Waals surface area contributed by atoms with E-state index in [1.165, 1.54) is 0 Å². The van der Waals surface area contributed by atoms with Gasteiger partial charge in [-0.1, -0.05) is 12.1 Å². The Morgan fingerprint density at radius 3 is 2.56 bits per heavy atom. The molecule has 0 spiro atoms. The van der Waals surface area contributed by atoms with E-state index in [9.17, 15) is 0 Å². The molecule has 1 rings (SSSR count). The molecule has 0 radical (unpaired) electrons. The van der Waals surface area contributed by atoms with Crippen molar-refractivity contribution in [3.8, 4) is 0 Å². The number of nitrogens with two attached hydrogens (primary N) is 1. The molecular weight excluding hydrogens is 202 g/mol. The fraction of sp³-hybridized carbons (Fsp3) is 0.818. The minimum absolute atomic E-state index is 0.00246. The molecule has 1 heterocycles. The van der Waals surface area contributed by atoms with Crippen LogP contribution < -0.4 is 5.73 Å². The Morgan fingerprint density at radius 1 is 1.56 bits per heavy atom. The highest BCUT2D eigenvalue weighted by molar-refractivity contribution is 5.02. The molecule has 0 aliphatic heterocycles. The molecule has 1 aromatic rings. The van der Waals surface area contributed by atoms with Crippen LogP contribution in [0.1, 0.15) is 26.0 Å². The lowest BCUT2D eigenvalue weighted by molar-refractivity contribution is 0.131. The first-order valence-electron chi connectivity index (χ1n) is 5.68.